The van der Waals surface area contributed by atoms with E-state index in [-0.39, 0.29) is 23.5 Å². The molecule has 6 heteroatoms. The number of nitrogens with one attached hydrogen (secondary N) is 1. The molecule has 2 heterocycles. The van der Waals surface area contributed by atoms with Crippen LogP contribution in [0.15, 0.2) is 24.3 Å². The Morgan fingerprint density at radius 1 is 1.38 bits per heavy atom. The standard InChI is InChI=1S/C18H20FN3O2/c1-21(10-14-7-11-6-13(19)2-5-16(11)20-14)18(24)12-8-17(23)22(9-12)15-3-4-15/h2,5-7,12,15,20H,3-4,8-10H2,1H3/t12-/m1/s1. The second-order valence-electron chi connectivity index (χ2n) is 6.90. The van der Waals surface area contributed by atoms with Gasteiger partial charge in [0.15, 0.2) is 0 Å². The van der Waals surface area contributed by atoms with Gasteiger partial charge in [-0.05, 0) is 37.1 Å². The Balaban J connectivity index is 1.43. The summed E-state index contributed by atoms with van der Waals surface area (Å²) in [6, 6.07) is 6.80. The molecule has 1 aromatic heterocycles. The van der Waals surface area contributed by atoms with Crippen molar-refractivity contribution in [1.82, 2.24) is 14.8 Å². The minimum absolute atomic E-state index is 0.00339. The van der Waals surface area contributed by atoms with Crippen LogP contribution in [-0.2, 0) is 16.1 Å². The normalized spacial score (nSPS) is 20.8. The number of hydrogen-bond donors (Lipinski definition) is 1. The number of rotatable bonds is 4. The summed E-state index contributed by atoms with van der Waals surface area (Å²) in [7, 11) is 1.75. The van der Waals surface area contributed by atoms with Gasteiger partial charge < -0.3 is 14.8 Å². The van der Waals surface area contributed by atoms with Crippen molar-refractivity contribution in [3.05, 3.63) is 35.8 Å². The first-order valence-electron chi connectivity index (χ1n) is 8.33. The molecule has 0 bridgehead atoms. The zero-order chi connectivity index (χ0) is 16.8. The van der Waals surface area contributed by atoms with Gasteiger partial charge in [0.2, 0.25) is 11.8 Å². The van der Waals surface area contributed by atoms with Crippen LogP contribution < -0.4 is 0 Å². The lowest BCUT2D eigenvalue weighted by molar-refractivity contribution is -0.135. The fourth-order valence-corrected chi connectivity index (χ4v) is 3.53. The Bertz CT molecular complexity index is 812. The van der Waals surface area contributed by atoms with Gasteiger partial charge in [0.05, 0.1) is 12.5 Å². The Morgan fingerprint density at radius 2 is 2.17 bits per heavy atom. The molecule has 5 nitrogen and oxygen atoms in total. The molecule has 2 aliphatic rings. The van der Waals surface area contributed by atoms with E-state index < -0.39 is 0 Å². The quantitative estimate of drug-likeness (QED) is 0.935. The van der Waals surface area contributed by atoms with E-state index in [1.807, 2.05) is 11.0 Å². The molecule has 2 amide bonds. The minimum Gasteiger partial charge on any atom is -0.357 e. The highest BCUT2D eigenvalue weighted by Gasteiger charge is 2.42. The van der Waals surface area contributed by atoms with E-state index in [1.165, 1.54) is 12.1 Å². The molecule has 0 spiro atoms. The zero-order valence-corrected chi connectivity index (χ0v) is 13.6. The van der Waals surface area contributed by atoms with Crippen molar-refractivity contribution in [1.29, 1.82) is 0 Å². The third-order valence-electron chi connectivity index (χ3n) is 4.92. The predicted molar refractivity (Wildman–Crippen MR) is 87.6 cm³/mol. The SMILES string of the molecule is CN(Cc1cc2cc(F)ccc2[nH]1)C(=O)[C@@H]1CC(=O)N(C2CC2)C1. The number of carbonyl (C=O) groups excluding carboxylic acids is 2. The van der Waals surface area contributed by atoms with Gasteiger partial charge in [-0.3, -0.25) is 9.59 Å². The van der Waals surface area contributed by atoms with Crippen LogP contribution in [-0.4, -0.2) is 46.2 Å². The fraction of sp³-hybridized carbons (Fsp3) is 0.444. The number of fused-ring (bicyclic) bond motifs is 1. The third kappa shape index (κ3) is 2.77. The summed E-state index contributed by atoms with van der Waals surface area (Å²) in [6.45, 7) is 0.966. The largest absolute Gasteiger partial charge is 0.357 e. The molecule has 1 aliphatic carbocycles. The first-order chi connectivity index (χ1) is 11.5. The van der Waals surface area contributed by atoms with Crippen molar-refractivity contribution < 1.29 is 14.0 Å². The lowest BCUT2D eigenvalue weighted by atomic mass is 10.1. The van der Waals surface area contributed by atoms with Crippen molar-refractivity contribution in [2.75, 3.05) is 13.6 Å². The van der Waals surface area contributed by atoms with Gasteiger partial charge in [-0.2, -0.15) is 0 Å². The lowest BCUT2D eigenvalue weighted by Crippen LogP contribution is -2.34. The van der Waals surface area contributed by atoms with E-state index in [2.05, 4.69) is 4.98 Å². The van der Waals surface area contributed by atoms with Gasteiger partial charge in [-0.15, -0.1) is 0 Å². The number of likely N-dealkylation sites (tertiary alicyclic amines) is 1. The molecule has 1 aliphatic heterocycles. The first kappa shape index (κ1) is 15.2. The third-order valence-corrected chi connectivity index (χ3v) is 4.92. The van der Waals surface area contributed by atoms with Gasteiger partial charge in [0.1, 0.15) is 5.82 Å². The number of H-pyrrole nitrogens is 1. The molecule has 1 atom stereocenters. The number of benzene rings is 1. The number of carbonyl (C=O) groups is 2. The topological polar surface area (TPSA) is 56.4 Å². The van der Waals surface area contributed by atoms with Crippen LogP contribution in [0.2, 0.25) is 0 Å². The molecule has 24 heavy (non-hydrogen) atoms. The van der Waals surface area contributed by atoms with Crippen LogP contribution in [0.4, 0.5) is 4.39 Å². The van der Waals surface area contributed by atoms with Crippen LogP contribution in [0.5, 0.6) is 0 Å². The maximum atomic E-state index is 13.3. The highest BCUT2D eigenvalue weighted by atomic mass is 19.1. The number of nitrogens with zero attached hydrogens (tertiary/aromatic N) is 2. The highest BCUT2D eigenvalue weighted by molar-refractivity contribution is 5.89. The van der Waals surface area contributed by atoms with Crippen LogP contribution in [0, 0.1) is 11.7 Å². The molecule has 2 fully saturated rings. The smallest absolute Gasteiger partial charge is 0.228 e. The zero-order valence-electron chi connectivity index (χ0n) is 13.6. The van der Waals surface area contributed by atoms with Crippen LogP contribution in [0.1, 0.15) is 25.0 Å². The number of aromatic nitrogens is 1. The molecule has 1 saturated carbocycles. The van der Waals surface area contributed by atoms with Crippen LogP contribution in [0.3, 0.4) is 0 Å². The van der Waals surface area contributed by atoms with E-state index in [0.717, 1.165) is 29.4 Å². The Kier molecular flexibility index (Phi) is 3.55. The summed E-state index contributed by atoms with van der Waals surface area (Å²) in [5, 5.41) is 0.793. The second-order valence-corrected chi connectivity index (χ2v) is 6.90. The second kappa shape index (κ2) is 5.61. The molecule has 126 valence electrons. The Morgan fingerprint density at radius 3 is 2.92 bits per heavy atom. The average Bonchev–Trinajstić information content (AvgIpc) is 3.20. The molecule has 0 unspecified atom stereocenters. The van der Waals surface area contributed by atoms with Gasteiger partial charge in [-0.1, -0.05) is 0 Å². The molecule has 1 N–H and O–H groups in total. The van der Waals surface area contributed by atoms with E-state index >= 15 is 0 Å². The maximum Gasteiger partial charge on any atom is 0.228 e. The maximum absolute atomic E-state index is 13.3. The number of amides is 2. The molecule has 2 aromatic rings. The predicted octanol–water partition coefficient (Wildman–Crippen LogP) is 2.28. The van der Waals surface area contributed by atoms with Gasteiger partial charge in [-0.25, -0.2) is 4.39 Å². The lowest BCUT2D eigenvalue weighted by Gasteiger charge is -2.21. The average molecular weight is 329 g/mol. The van der Waals surface area contributed by atoms with E-state index in [4.69, 9.17) is 0 Å². The Labute approximate surface area is 139 Å². The first-order valence-corrected chi connectivity index (χ1v) is 8.33. The highest BCUT2D eigenvalue weighted by Crippen LogP contribution is 2.33. The summed E-state index contributed by atoms with van der Waals surface area (Å²) in [5.74, 6) is -0.422. The molecular weight excluding hydrogens is 309 g/mol. The summed E-state index contributed by atoms with van der Waals surface area (Å²) in [4.78, 5) is 31.4. The fourth-order valence-electron chi connectivity index (χ4n) is 3.53. The minimum atomic E-state index is -0.276. The van der Waals surface area contributed by atoms with Crippen molar-refractivity contribution in [2.24, 2.45) is 5.92 Å². The molecule has 1 aromatic carbocycles. The van der Waals surface area contributed by atoms with Crippen LogP contribution >= 0.6 is 0 Å². The van der Waals surface area contributed by atoms with Crippen molar-refractivity contribution in [3.8, 4) is 0 Å². The molecular formula is C18H20FN3O2. The summed E-state index contributed by atoms with van der Waals surface area (Å²) in [6.07, 6.45) is 2.44. The van der Waals surface area contributed by atoms with Gasteiger partial charge in [0, 0.05) is 42.7 Å². The monoisotopic (exact) mass is 329 g/mol. The number of aromatic amines is 1. The molecule has 1 saturated heterocycles. The van der Waals surface area contributed by atoms with Crippen LogP contribution in [0.25, 0.3) is 10.9 Å². The van der Waals surface area contributed by atoms with Crippen molar-refractivity contribution in [3.63, 3.8) is 0 Å². The van der Waals surface area contributed by atoms with E-state index in [0.29, 0.717) is 25.6 Å². The van der Waals surface area contributed by atoms with Gasteiger partial charge >= 0.3 is 0 Å². The van der Waals surface area contributed by atoms with Crippen molar-refractivity contribution in [2.45, 2.75) is 31.8 Å². The van der Waals surface area contributed by atoms with E-state index in [9.17, 15) is 14.0 Å². The van der Waals surface area contributed by atoms with E-state index in [1.54, 1.807) is 18.0 Å². The number of hydrogen-bond acceptors (Lipinski definition) is 2. The Hall–Kier alpha value is -2.37. The summed E-state index contributed by atoms with van der Waals surface area (Å²) < 4.78 is 13.3. The summed E-state index contributed by atoms with van der Waals surface area (Å²) >= 11 is 0. The van der Waals surface area contributed by atoms with Gasteiger partial charge in [0.25, 0.3) is 0 Å². The summed E-state index contributed by atoms with van der Waals surface area (Å²) in [5.41, 5.74) is 1.71. The number of halogens is 1. The molecule has 4 rings (SSSR count). The molecule has 0 radical (unpaired) electrons. The van der Waals surface area contributed by atoms with Crippen molar-refractivity contribution >= 4 is 22.7 Å².